The highest BCUT2D eigenvalue weighted by molar-refractivity contribution is 5.86. The molecule has 0 heterocycles. The highest BCUT2D eigenvalue weighted by Crippen LogP contribution is 2.35. The highest BCUT2D eigenvalue weighted by Gasteiger charge is 2.37. The maximum Gasteiger partial charge on any atom is 0.318 e. The molecule has 0 saturated carbocycles. The maximum absolute atomic E-state index is 12.4. The molecular weight excluding hydrogens is 360 g/mol. The molecule has 0 fully saturated rings. The molecule has 0 bridgehead atoms. The summed E-state index contributed by atoms with van der Waals surface area (Å²) in [5.74, 6) is -0.842. The number of benzene rings is 2. The Balaban J connectivity index is 2.43. The minimum absolute atomic E-state index is 0.395. The topological polar surface area (TPSA) is 43.8 Å². The Labute approximate surface area is 176 Å². The van der Waals surface area contributed by atoms with Crippen molar-refractivity contribution in [2.75, 3.05) is 22.9 Å². The quantitative estimate of drug-likeness (QED) is 0.604. The van der Waals surface area contributed by atoms with Gasteiger partial charge in [-0.2, -0.15) is 0 Å². The molecule has 2 aromatic rings. The molecular formula is C25H36N2O2. The number of aliphatic carboxylic acids is 1. The van der Waals surface area contributed by atoms with Gasteiger partial charge in [-0.15, -0.1) is 0 Å². The summed E-state index contributed by atoms with van der Waals surface area (Å²) in [6.07, 6.45) is 0. The molecule has 4 nitrogen and oxygen atoms in total. The van der Waals surface area contributed by atoms with Crippen molar-refractivity contribution < 1.29 is 9.90 Å². The molecule has 0 aliphatic carbocycles. The van der Waals surface area contributed by atoms with Crippen LogP contribution in [-0.4, -0.2) is 36.2 Å². The van der Waals surface area contributed by atoms with E-state index in [4.69, 9.17) is 0 Å². The fraction of sp³-hybridized carbons (Fsp3) is 0.480. The molecule has 2 aromatic carbocycles. The lowest BCUT2D eigenvalue weighted by molar-refractivity contribution is -0.141. The summed E-state index contributed by atoms with van der Waals surface area (Å²) in [7, 11) is 0. The normalized spacial score (nSPS) is 11.8. The van der Waals surface area contributed by atoms with E-state index in [0.29, 0.717) is 12.1 Å². The van der Waals surface area contributed by atoms with Gasteiger partial charge in [0.1, 0.15) is 5.41 Å². The third kappa shape index (κ3) is 4.58. The van der Waals surface area contributed by atoms with Crippen LogP contribution in [0.15, 0.2) is 48.5 Å². The van der Waals surface area contributed by atoms with E-state index in [9.17, 15) is 9.90 Å². The molecule has 0 radical (unpaired) electrons. The van der Waals surface area contributed by atoms with E-state index in [-0.39, 0.29) is 0 Å². The van der Waals surface area contributed by atoms with E-state index in [2.05, 4.69) is 51.3 Å². The molecule has 4 heteroatoms. The van der Waals surface area contributed by atoms with Crippen LogP contribution in [0.1, 0.15) is 59.6 Å². The summed E-state index contributed by atoms with van der Waals surface area (Å²) in [6.45, 7) is 16.5. The van der Waals surface area contributed by atoms with Gasteiger partial charge in [-0.05, 0) is 83.9 Å². The summed E-state index contributed by atoms with van der Waals surface area (Å²) >= 11 is 0. The average Bonchev–Trinajstić information content (AvgIpc) is 2.69. The zero-order valence-electron chi connectivity index (χ0n) is 18.9. The first-order chi connectivity index (χ1) is 13.7. The Morgan fingerprint density at radius 2 is 1.10 bits per heavy atom. The largest absolute Gasteiger partial charge is 0.480 e. The second kappa shape index (κ2) is 9.34. The average molecular weight is 397 g/mol. The number of carboxylic acids is 1. The monoisotopic (exact) mass is 396 g/mol. The minimum atomic E-state index is -1.10. The summed E-state index contributed by atoms with van der Waals surface area (Å²) in [4.78, 5) is 17.0. The molecule has 0 aromatic heterocycles. The third-order valence-corrected chi connectivity index (χ3v) is 5.91. The third-order valence-electron chi connectivity index (χ3n) is 5.91. The lowest BCUT2D eigenvalue weighted by atomic mass is 9.76. The van der Waals surface area contributed by atoms with E-state index in [1.54, 1.807) is 6.92 Å². The number of hydrogen-bond acceptors (Lipinski definition) is 3. The van der Waals surface area contributed by atoms with Gasteiger partial charge in [-0.3, -0.25) is 4.79 Å². The fourth-order valence-corrected chi connectivity index (χ4v) is 4.08. The number of rotatable bonds is 9. The van der Waals surface area contributed by atoms with Crippen LogP contribution in [0.5, 0.6) is 0 Å². The van der Waals surface area contributed by atoms with Gasteiger partial charge in [0, 0.05) is 36.5 Å². The minimum Gasteiger partial charge on any atom is -0.480 e. The van der Waals surface area contributed by atoms with Crippen LogP contribution in [0.25, 0.3) is 0 Å². The van der Waals surface area contributed by atoms with Crippen LogP contribution in [0.2, 0.25) is 0 Å². The number of hydrogen-bond donors (Lipinski definition) is 1. The van der Waals surface area contributed by atoms with E-state index in [0.717, 1.165) is 35.6 Å². The lowest BCUT2D eigenvalue weighted by Gasteiger charge is -2.31. The number of carboxylic acid groups (broad SMARTS) is 1. The van der Waals surface area contributed by atoms with Gasteiger partial charge in [0.25, 0.3) is 0 Å². The highest BCUT2D eigenvalue weighted by atomic mass is 16.4. The number of anilines is 2. The van der Waals surface area contributed by atoms with E-state index >= 15 is 0 Å². The maximum atomic E-state index is 12.4. The Morgan fingerprint density at radius 3 is 1.31 bits per heavy atom. The Kier molecular flexibility index (Phi) is 7.34. The molecule has 0 amide bonds. The van der Waals surface area contributed by atoms with Crippen molar-refractivity contribution in [2.45, 2.75) is 66.0 Å². The van der Waals surface area contributed by atoms with Crippen LogP contribution >= 0.6 is 0 Å². The van der Waals surface area contributed by atoms with Gasteiger partial charge in [-0.25, -0.2) is 0 Å². The summed E-state index contributed by atoms with van der Waals surface area (Å²) in [5.41, 5.74) is 2.71. The van der Waals surface area contributed by atoms with Gasteiger partial charge in [0.2, 0.25) is 0 Å². The fourth-order valence-electron chi connectivity index (χ4n) is 4.08. The zero-order chi connectivity index (χ0) is 21.8. The van der Waals surface area contributed by atoms with Crippen LogP contribution < -0.4 is 9.80 Å². The van der Waals surface area contributed by atoms with Gasteiger partial charge in [0.15, 0.2) is 0 Å². The molecule has 0 unspecified atom stereocenters. The standard InChI is InChI=1S/C25H36N2O2/c1-8-26(18(3)4)22-14-10-20(11-15-22)25(7,24(28)29)21-12-16-23(17-13-21)27(9-2)19(5)6/h10-19H,8-9H2,1-7H3,(H,28,29). The predicted molar refractivity (Wildman–Crippen MR) is 123 cm³/mol. The molecule has 29 heavy (non-hydrogen) atoms. The second-order valence-electron chi connectivity index (χ2n) is 8.28. The molecule has 0 atom stereocenters. The van der Waals surface area contributed by atoms with Crippen LogP contribution in [0.4, 0.5) is 11.4 Å². The van der Waals surface area contributed by atoms with Gasteiger partial charge >= 0.3 is 5.97 Å². The second-order valence-corrected chi connectivity index (χ2v) is 8.28. The van der Waals surface area contributed by atoms with Crippen molar-refractivity contribution in [1.29, 1.82) is 0 Å². The molecule has 0 aliphatic rings. The van der Waals surface area contributed by atoms with Gasteiger partial charge in [0.05, 0.1) is 0 Å². The predicted octanol–water partition coefficient (Wildman–Crippen LogP) is 5.55. The van der Waals surface area contributed by atoms with Crippen molar-refractivity contribution in [3.63, 3.8) is 0 Å². The summed E-state index contributed by atoms with van der Waals surface area (Å²) in [5, 5.41) is 10.1. The lowest BCUT2D eigenvalue weighted by Crippen LogP contribution is -2.34. The zero-order valence-corrected chi connectivity index (χ0v) is 18.9. The van der Waals surface area contributed by atoms with Crippen LogP contribution in [0, 0.1) is 0 Å². The number of carbonyl (C=O) groups is 1. The summed E-state index contributed by atoms with van der Waals surface area (Å²) in [6, 6.07) is 16.7. The SMILES string of the molecule is CCN(c1ccc(C(C)(C(=O)O)c2ccc(N(CC)C(C)C)cc2)cc1)C(C)C. The Hall–Kier alpha value is -2.49. The first-order valence-corrected chi connectivity index (χ1v) is 10.6. The van der Waals surface area contributed by atoms with Crippen molar-refractivity contribution in [1.82, 2.24) is 0 Å². The van der Waals surface area contributed by atoms with E-state index in [1.807, 2.05) is 48.5 Å². The van der Waals surface area contributed by atoms with E-state index < -0.39 is 11.4 Å². The molecule has 0 spiro atoms. The Bertz CT molecular complexity index is 735. The van der Waals surface area contributed by atoms with Crippen molar-refractivity contribution in [2.24, 2.45) is 0 Å². The van der Waals surface area contributed by atoms with Crippen LogP contribution in [-0.2, 0) is 10.2 Å². The molecule has 0 saturated heterocycles. The number of nitrogens with zero attached hydrogens (tertiary/aromatic N) is 2. The molecule has 1 N–H and O–H groups in total. The Morgan fingerprint density at radius 1 is 0.793 bits per heavy atom. The van der Waals surface area contributed by atoms with Gasteiger partial charge in [-0.1, -0.05) is 24.3 Å². The van der Waals surface area contributed by atoms with Gasteiger partial charge < -0.3 is 14.9 Å². The van der Waals surface area contributed by atoms with Crippen molar-refractivity contribution >= 4 is 17.3 Å². The first-order valence-electron chi connectivity index (χ1n) is 10.6. The first kappa shape index (κ1) is 22.8. The summed E-state index contributed by atoms with van der Waals surface area (Å²) < 4.78 is 0. The smallest absolute Gasteiger partial charge is 0.318 e. The van der Waals surface area contributed by atoms with Crippen molar-refractivity contribution in [3.8, 4) is 0 Å². The van der Waals surface area contributed by atoms with Crippen LogP contribution in [0.3, 0.4) is 0 Å². The molecule has 0 aliphatic heterocycles. The molecule has 2 rings (SSSR count). The molecule has 158 valence electrons. The van der Waals surface area contributed by atoms with Crippen molar-refractivity contribution in [3.05, 3.63) is 59.7 Å². The van der Waals surface area contributed by atoms with E-state index in [1.165, 1.54) is 0 Å².